The molecule has 0 aromatic carbocycles. The number of hydrogen-bond donors (Lipinski definition) is 15. The molecule has 0 bridgehead atoms. The molecule has 5 rings (SSSR count). The molecule has 0 aromatic heterocycles. The molecule has 5 fully saturated rings. The zero-order chi connectivity index (χ0) is 46.1. The second-order valence-corrected chi connectivity index (χ2v) is 16.2. The second kappa shape index (κ2) is 23.1. The fourth-order valence-corrected chi connectivity index (χ4v) is 7.75. The summed E-state index contributed by atoms with van der Waals surface area (Å²) < 4.78 is 86.9. The number of hydrogen-bond acceptors (Lipinski definition) is 28. The van der Waals surface area contributed by atoms with Crippen LogP contribution in [0.15, 0.2) is 4.99 Å². The smallest absolute Gasteiger partial charge is 0.862 e. The SMILES string of the molecule is CC([O-])=N[C@H]1[C@H](O[C@H]2[C@@H](O)[C@@H](CO)O[C@@H](O[C@H]3[C@H](O)[C@@H](O)C(O)O[C@@H]3CO)[C@@H]2O)O[C@H](CO)[C@@H](O[C@@H]2O[C@H](COS(=O)(=O)O)[C@H](O)[C@H](O)[C@H]2O)[C@@H]1O[C@@H]1O[C@@H](C)[C@@H](O)[C@@H](O)[C@@H]1O.[Na+]. The predicted molar refractivity (Wildman–Crippen MR) is 186 cm³/mol. The van der Waals surface area contributed by atoms with Crippen molar-refractivity contribution in [1.29, 1.82) is 0 Å². The van der Waals surface area contributed by atoms with Gasteiger partial charge in [0.1, 0.15) is 116 Å². The van der Waals surface area contributed by atoms with Crippen molar-refractivity contribution >= 4 is 16.3 Å². The van der Waals surface area contributed by atoms with Gasteiger partial charge in [0, 0.05) is 0 Å². The normalized spacial score (nSPS) is 49.0. The Hall–Kier alpha value is -0.580. The van der Waals surface area contributed by atoms with Gasteiger partial charge in [-0.15, -0.1) is 0 Å². The van der Waals surface area contributed by atoms with Crippen molar-refractivity contribution in [2.45, 2.75) is 167 Å². The van der Waals surface area contributed by atoms with Gasteiger partial charge in [0.2, 0.25) is 0 Å². The molecule has 15 N–H and O–H groups in total. The van der Waals surface area contributed by atoms with Crippen molar-refractivity contribution < 1.29 is 166 Å². The van der Waals surface area contributed by atoms with Crippen LogP contribution in [0.5, 0.6) is 0 Å². The molecule has 0 spiro atoms. The van der Waals surface area contributed by atoms with E-state index in [1.54, 1.807) is 0 Å². The molecule has 63 heavy (non-hydrogen) atoms. The Morgan fingerprint density at radius 3 is 1.59 bits per heavy atom. The first-order valence-corrected chi connectivity index (χ1v) is 20.4. The number of aliphatic imine (C=N–C) groups is 1. The van der Waals surface area contributed by atoms with E-state index in [2.05, 4.69) is 9.18 Å². The van der Waals surface area contributed by atoms with Crippen molar-refractivity contribution in [3.05, 3.63) is 0 Å². The molecule has 0 aromatic rings. The maximum atomic E-state index is 12.8. The van der Waals surface area contributed by atoms with Crippen LogP contribution >= 0.6 is 0 Å². The van der Waals surface area contributed by atoms with Crippen LogP contribution in [0.2, 0.25) is 0 Å². The molecule has 362 valence electrons. The molecule has 5 heterocycles. The summed E-state index contributed by atoms with van der Waals surface area (Å²) in [4.78, 5) is 3.95. The van der Waals surface area contributed by atoms with Crippen LogP contribution in [0.25, 0.3) is 0 Å². The fraction of sp³-hybridized carbons (Fsp3) is 0.969. The first-order chi connectivity index (χ1) is 29.0. The van der Waals surface area contributed by atoms with Gasteiger partial charge < -0.3 is 119 Å². The summed E-state index contributed by atoms with van der Waals surface area (Å²) >= 11 is 0. The predicted octanol–water partition coefficient (Wildman–Crippen LogP) is -14.3. The van der Waals surface area contributed by atoms with Crippen LogP contribution in [-0.4, -0.2) is 270 Å². The van der Waals surface area contributed by atoms with E-state index in [-0.39, 0.29) is 29.6 Å². The number of rotatable bonds is 15. The molecule has 25 atom stereocenters. The van der Waals surface area contributed by atoms with Crippen LogP contribution < -0.4 is 34.7 Å². The third-order valence-electron chi connectivity index (χ3n) is 10.8. The summed E-state index contributed by atoms with van der Waals surface area (Å²) in [5, 5.41) is 161. The van der Waals surface area contributed by atoms with Crippen molar-refractivity contribution in [3.8, 4) is 0 Å². The second-order valence-electron chi connectivity index (χ2n) is 15.1. The van der Waals surface area contributed by atoms with E-state index in [4.69, 9.17) is 47.2 Å². The number of aliphatic hydroxyl groups is 14. The van der Waals surface area contributed by atoms with Crippen molar-refractivity contribution in [2.24, 2.45) is 4.99 Å². The molecule has 0 saturated carbocycles. The van der Waals surface area contributed by atoms with Gasteiger partial charge in [0.25, 0.3) is 0 Å². The fourth-order valence-electron chi connectivity index (χ4n) is 7.44. The minimum atomic E-state index is -5.15. The third-order valence-corrected chi connectivity index (χ3v) is 11.2. The van der Waals surface area contributed by atoms with E-state index in [0.29, 0.717) is 0 Å². The zero-order valence-corrected chi connectivity index (χ0v) is 36.4. The van der Waals surface area contributed by atoms with Crippen molar-refractivity contribution in [2.75, 3.05) is 26.4 Å². The van der Waals surface area contributed by atoms with Crippen LogP contribution in [0.3, 0.4) is 0 Å². The molecule has 29 nitrogen and oxygen atoms in total. The van der Waals surface area contributed by atoms with E-state index < -0.39 is 196 Å². The largest absolute Gasteiger partial charge is 1.00 e. The van der Waals surface area contributed by atoms with Gasteiger partial charge in [-0.05, 0) is 19.7 Å². The zero-order valence-electron chi connectivity index (χ0n) is 33.6. The number of ether oxygens (including phenoxy) is 9. The summed E-state index contributed by atoms with van der Waals surface area (Å²) in [6.45, 7) is -1.99. The molecular weight excluding hydrogens is 901 g/mol. The Bertz CT molecular complexity index is 1570. The molecule has 5 aliphatic heterocycles. The topological polar surface area (TPSA) is 465 Å². The van der Waals surface area contributed by atoms with Crippen LogP contribution in [-0.2, 0) is 57.2 Å². The van der Waals surface area contributed by atoms with E-state index >= 15 is 0 Å². The monoisotopic (exact) mass is 955 g/mol. The molecule has 0 aliphatic carbocycles. The van der Waals surface area contributed by atoms with Crippen molar-refractivity contribution in [3.63, 3.8) is 0 Å². The standard InChI is InChI=1S/C32H55NO28S.Na/c1-7-14(38)17(41)21(45)30(53-7)60-26-13(33-8(2)37)29(56-11(5-36)25(26)59-31-22(46)18(42)15(39)12(57-31)6-52-62(49,50)51)61-27-16(40)9(3-34)55-32(23(27)47)58-24-10(4-35)54-28(48)20(44)19(24)43;/h7,9-32,34-36,38-48H,3-6H2,1-2H3,(H,33,37)(H,49,50,51);/q;+1/p-1/t7-,9+,10+,11+,12+,13+,14+,15-,16-,17+,18-,19+,20+,21-,22+,23+,24+,25+,26+,27-,28?,29-,30-,31-,32-;/m0./s1. The van der Waals surface area contributed by atoms with Crippen LogP contribution in [0, 0.1) is 0 Å². The summed E-state index contributed by atoms with van der Waals surface area (Å²) in [5.41, 5.74) is 0. The minimum Gasteiger partial charge on any atom is -0.862 e. The maximum Gasteiger partial charge on any atom is 1.00 e. The van der Waals surface area contributed by atoms with Gasteiger partial charge in [0.15, 0.2) is 31.5 Å². The van der Waals surface area contributed by atoms with E-state index in [0.717, 1.165) is 6.92 Å². The van der Waals surface area contributed by atoms with Gasteiger partial charge in [-0.25, -0.2) is 4.18 Å². The Morgan fingerprint density at radius 2 is 1.02 bits per heavy atom. The number of nitrogens with zero attached hydrogens (tertiary/aromatic N) is 1. The molecule has 5 saturated heterocycles. The summed E-state index contributed by atoms with van der Waals surface area (Å²) in [6, 6.07) is -1.96. The Kier molecular flexibility index (Phi) is 20.2. The molecule has 31 heteroatoms. The Balaban J connectivity index is 0.00000871. The average molecular weight is 956 g/mol. The number of aliphatic hydroxyl groups excluding tert-OH is 14. The maximum absolute atomic E-state index is 12.8. The minimum absolute atomic E-state index is 0. The van der Waals surface area contributed by atoms with Gasteiger partial charge >= 0.3 is 40.0 Å². The van der Waals surface area contributed by atoms with Crippen molar-refractivity contribution in [1.82, 2.24) is 0 Å². The Labute approximate surface area is 379 Å². The summed E-state index contributed by atoms with van der Waals surface area (Å²) in [5.74, 6) is -1.02. The van der Waals surface area contributed by atoms with Gasteiger partial charge in [-0.2, -0.15) is 8.42 Å². The molecule has 5 aliphatic rings. The van der Waals surface area contributed by atoms with Crippen LogP contribution in [0.1, 0.15) is 13.8 Å². The molecule has 1 unspecified atom stereocenters. The summed E-state index contributed by atoms with van der Waals surface area (Å²) in [6.07, 6.45) is -46.4. The summed E-state index contributed by atoms with van der Waals surface area (Å²) in [7, 11) is -5.15. The Morgan fingerprint density at radius 1 is 0.540 bits per heavy atom. The van der Waals surface area contributed by atoms with E-state index in [9.17, 15) is 85.0 Å². The quantitative estimate of drug-likeness (QED) is 0.0314. The third kappa shape index (κ3) is 12.6. The molecule has 0 amide bonds. The van der Waals surface area contributed by atoms with E-state index in [1.807, 2.05) is 0 Å². The van der Waals surface area contributed by atoms with Gasteiger partial charge in [0.05, 0.1) is 32.5 Å². The first kappa shape index (κ1) is 55.0. The molecule has 0 radical (unpaired) electrons. The van der Waals surface area contributed by atoms with Gasteiger partial charge in [-0.3, -0.25) is 9.55 Å². The van der Waals surface area contributed by atoms with Gasteiger partial charge in [-0.1, -0.05) is 0 Å². The average Bonchev–Trinajstić information content (AvgIpc) is 3.22. The first-order valence-electron chi connectivity index (χ1n) is 19.1. The van der Waals surface area contributed by atoms with Crippen LogP contribution in [0.4, 0.5) is 0 Å². The molecular formula is C32H54NNaO28S. The van der Waals surface area contributed by atoms with E-state index in [1.165, 1.54) is 6.92 Å².